The monoisotopic (exact) mass is 414 g/mol. The normalized spacial score (nSPS) is 13.4. The Hall–Kier alpha value is -2.84. The second-order valence-electron chi connectivity index (χ2n) is 7.41. The number of halogens is 4. The zero-order valence-corrected chi connectivity index (χ0v) is 16.2. The Bertz CT molecular complexity index is 877. The van der Waals surface area contributed by atoms with Crippen LogP contribution in [-0.2, 0) is 0 Å². The van der Waals surface area contributed by atoms with E-state index in [4.69, 9.17) is 9.84 Å². The standard InChI is InChI=1S/C20H22F4N2O3/c1-11(2)9-20(3,26-19(27)28)10-29-17-8-14(21)13(7-15(17)22)12-4-5-25-16(6-12)18(23)24/h4-8,11,18,26H,9-10H2,1-3H3,(H,27,28). The molecule has 9 heteroatoms. The van der Waals surface area contributed by atoms with Gasteiger partial charge >= 0.3 is 6.09 Å². The van der Waals surface area contributed by atoms with Gasteiger partial charge in [0.05, 0.1) is 5.54 Å². The number of aromatic nitrogens is 1. The van der Waals surface area contributed by atoms with E-state index in [0.717, 1.165) is 24.4 Å². The lowest BCUT2D eigenvalue weighted by molar-refractivity contribution is 0.141. The van der Waals surface area contributed by atoms with Crippen molar-refractivity contribution in [2.24, 2.45) is 5.92 Å². The van der Waals surface area contributed by atoms with Gasteiger partial charge in [0.25, 0.3) is 6.43 Å². The van der Waals surface area contributed by atoms with E-state index in [0.29, 0.717) is 6.42 Å². The molecule has 0 aliphatic heterocycles. The fourth-order valence-corrected chi connectivity index (χ4v) is 3.14. The molecule has 0 radical (unpaired) electrons. The van der Waals surface area contributed by atoms with E-state index in [1.54, 1.807) is 6.92 Å². The first-order valence-corrected chi connectivity index (χ1v) is 8.88. The van der Waals surface area contributed by atoms with Gasteiger partial charge in [0, 0.05) is 17.8 Å². The topological polar surface area (TPSA) is 71.5 Å². The molecular formula is C20H22F4N2O3. The Kier molecular flexibility index (Phi) is 7.05. The van der Waals surface area contributed by atoms with Gasteiger partial charge in [-0.1, -0.05) is 13.8 Å². The summed E-state index contributed by atoms with van der Waals surface area (Å²) >= 11 is 0. The average Bonchev–Trinajstić information content (AvgIpc) is 2.60. The molecule has 1 aromatic carbocycles. The minimum atomic E-state index is -2.84. The zero-order chi connectivity index (χ0) is 21.8. The highest BCUT2D eigenvalue weighted by Crippen LogP contribution is 2.31. The molecule has 158 valence electrons. The van der Waals surface area contributed by atoms with E-state index in [2.05, 4.69) is 10.3 Å². The number of hydrogen-bond donors (Lipinski definition) is 2. The number of benzene rings is 1. The summed E-state index contributed by atoms with van der Waals surface area (Å²) in [6.45, 7) is 5.16. The number of nitrogens with zero attached hydrogens (tertiary/aromatic N) is 1. The van der Waals surface area contributed by atoms with E-state index in [1.807, 2.05) is 13.8 Å². The first-order valence-electron chi connectivity index (χ1n) is 8.88. The minimum Gasteiger partial charge on any atom is -0.488 e. The number of carboxylic acid groups (broad SMARTS) is 1. The van der Waals surface area contributed by atoms with Crippen molar-refractivity contribution in [3.05, 3.63) is 47.8 Å². The fourth-order valence-electron chi connectivity index (χ4n) is 3.14. The van der Waals surface area contributed by atoms with E-state index >= 15 is 0 Å². The molecule has 1 atom stereocenters. The quantitative estimate of drug-likeness (QED) is 0.566. The SMILES string of the molecule is CC(C)CC(C)(COc1cc(F)c(-c2ccnc(C(F)F)c2)cc1F)NC(=O)O. The summed E-state index contributed by atoms with van der Waals surface area (Å²) in [5, 5.41) is 11.4. The highest BCUT2D eigenvalue weighted by atomic mass is 19.3. The number of hydrogen-bond acceptors (Lipinski definition) is 3. The molecule has 0 saturated carbocycles. The third kappa shape index (κ3) is 6.07. The molecule has 2 aromatic rings. The van der Waals surface area contributed by atoms with Crippen LogP contribution in [-0.4, -0.2) is 28.3 Å². The van der Waals surface area contributed by atoms with Crippen molar-refractivity contribution in [1.29, 1.82) is 0 Å². The van der Waals surface area contributed by atoms with E-state index in [9.17, 15) is 22.4 Å². The number of carbonyl (C=O) groups is 1. The second-order valence-corrected chi connectivity index (χ2v) is 7.41. The van der Waals surface area contributed by atoms with Crippen molar-refractivity contribution in [3.8, 4) is 16.9 Å². The van der Waals surface area contributed by atoms with Gasteiger partial charge in [-0.2, -0.15) is 0 Å². The van der Waals surface area contributed by atoms with Crippen molar-refractivity contribution in [3.63, 3.8) is 0 Å². The van der Waals surface area contributed by atoms with Crippen molar-refractivity contribution >= 4 is 6.09 Å². The Morgan fingerprint density at radius 3 is 2.52 bits per heavy atom. The average molecular weight is 414 g/mol. The lowest BCUT2D eigenvalue weighted by Gasteiger charge is -2.31. The zero-order valence-electron chi connectivity index (χ0n) is 16.2. The minimum absolute atomic E-state index is 0.0513. The summed E-state index contributed by atoms with van der Waals surface area (Å²) < 4.78 is 60.0. The number of pyridine rings is 1. The molecule has 0 bridgehead atoms. The predicted octanol–water partition coefficient (Wildman–Crippen LogP) is 5.42. The van der Waals surface area contributed by atoms with Crippen molar-refractivity contribution < 1.29 is 32.2 Å². The van der Waals surface area contributed by atoms with Gasteiger partial charge in [0.15, 0.2) is 11.6 Å². The second kappa shape index (κ2) is 9.11. The molecular weight excluding hydrogens is 392 g/mol. The molecule has 0 saturated heterocycles. The lowest BCUT2D eigenvalue weighted by atomic mass is 9.91. The van der Waals surface area contributed by atoms with Gasteiger partial charge in [-0.25, -0.2) is 22.4 Å². The predicted molar refractivity (Wildman–Crippen MR) is 99.1 cm³/mol. The van der Waals surface area contributed by atoms with Crippen LogP contribution in [0.1, 0.15) is 39.3 Å². The highest BCUT2D eigenvalue weighted by molar-refractivity contribution is 5.66. The largest absolute Gasteiger partial charge is 0.488 e. The molecule has 0 aliphatic rings. The molecule has 29 heavy (non-hydrogen) atoms. The maximum Gasteiger partial charge on any atom is 0.405 e. The molecule has 0 aliphatic carbocycles. The first kappa shape index (κ1) is 22.4. The van der Waals surface area contributed by atoms with Crippen LogP contribution in [0, 0.1) is 17.6 Å². The molecule has 5 nitrogen and oxygen atoms in total. The van der Waals surface area contributed by atoms with Gasteiger partial charge in [-0.15, -0.1) is 0 Å². The summed E-state index contributed by atoms with van der Waals surface area (Å²) in [5.41, 5.74) is -1.73. The molecule has 1 heterocycles. The lowest BCUT2D eigenvalue weighted by Crippen LogP contribution is -2.50. The van der Waals surface area contributed by atoms with Gasteiger partial charge < -0.3 is 15.2 Å². The summed E-state index contributed by atoms with van der Waals surface area (Å²) in [7, 11) is 0. The van der Waals surface area contributed by atoms with Gasteiger partial charge in [0.1, 0.15) is 18.1 Å². The molecule has 2 N–H and O–H groups in total. The van der Waals surface area contributed by atoms with E-state index in [-0.39, 0.29) is 23.7 Å². The van der Waals surface area contributed by atoms with Crippen molar-refractivity contribution in [2.45, 2.75) is 39.2 Å². The molecule has 1 amide bonds. The highest BCUT2D eigenvalue weighted by Gasteiger charge is 2.29. The van der Waals surface area contributed by atoms with Gasteiger partial charge in [0.2, 0.25) is 0 Å². The third-order valence-electron chi connectivity index (χ3n) is 4.15. The molecule has 0 fully saturated rings. The Morgan fingerprint density at radius 2 is 1.93 bits per heavy atom. The number of amides is 1. The van der Waals surface area contributed by atoms with Crippen LogP contribution in [0.5, 0.6) is 5.75 Å². The van der Waals surface area contributed by atoms with Gasteiger partial charge in [-0.05, 0) is 43.0 Å². The summed E-state index contributed by atoms with van der Waals surface area (Å²) in [4.78, 5) is 14.5. The third-order valence-corrected chi connectivity index (χ3v) is 4.15. The van der Waals surface area contributed by atoms with Crippen LogP contribution in [0.2, 0.25) is 0 Å². The van der Waals surface area contributed by atoms with Crippen LogP contribution in [0.15, 0.2) is 30.5 Å². The summed E-state index contributed by atoms with van der Waals surface area (Å²) in [5.74, 6) is -2.06. The number of alkyl halides is 2. The number of rotatable bonds is 8. The van der Waals surface area contributed by atoms with Crippen molar-refractivity contribution in [2.75, 3.05) is 6.61 Å². The van der Waals surface area contributed by atoms with Crippen LogP contribution < -0.4 is 10.1 Å². The molecule has 1 unspecified atom stereocenters. The maximum absolute atomic E-state index is 14.5. The molecule has 1 aromatic heterocycles. The molecule has 0 spiro atoms. The van der Waals surface area contributed by atoms with Crippen LogP contribution in [0.25, 0.3) is 11.1 Å². The number of nitrogens with one attached hydrogen (secondary N) is 1. The Morgan fingerprint density at radius 1 is 1.24 bits per heavy atom. The summed E-state index contributed by atoms with van der Waals surface area (Å²) in [6, 6.07) is 3.93. The van der Waals surface area contributed by atoms with E-state index in [1.165, 1.54) is 6.07 Å². The summed E-state index contributed by atoms with van der Waals surface area (Å²) in [6.07, 6.45) is -2.60. The first-order chi connectivity index (χ1) is 13.5. The molecule has 2 rings (SSSR count). The Labute approximate surface area is 165 Å². The van der Waals surface area contributed by atoms with Crippen molar-refractivity contribution in [1.82, 2.24) is 10.3 Å². The maximum atomic E-state index is 14.5. The Balaban J connectivity index is 2.27. The van der Waals surface area contributed by atoms with Crippen LogP contribution >= 0.6 is 0 Å². The van der Waals surface area contributed by atoms with Gasteiger partial charge in [-0.3, -0.25) is 4.98 Å². The van der Waals surface area contributed by atoms with Crippen LogP contribution in [0.4, 0.5) is 22.4 Å². The van der Waals surface area contributed by atoms with E-state index < -0.39 is 41.1 Å². The smallest absolute Gasteiger partial charge is 0.405 e. The van der Waals surface area contributed by atoms with Crippen LogP contribution in [0.3, 0.4) is 0 Å². The fraction of sp³-hybridized carbons (Fsp3) is 0.400. The number of ether oxygens (including phenoxy) is 1.